The first-order valence-electron chi connectivity index (χ1n) is 6.32. The van der Waals surface area contributed by atoms with Gasteiger partial charge < -0.3 is 5.73 Å². The van der Waals surface area contributed by atoms with Crippen molar-refractivity contribution < 1.29 is 0 Å². The number of benzene rings is 1. The van der Waals surface area contributed by atoms with Gasteiger partial charge in [0.15, 0.2) is 0 Å². The number of nitrogens with zero attached hydrogens (tertiary/aromatic N) is 5. The lowest BCUT2D eigenvalue weighted by Gasteiger charge is -2.05. The van der Waals surface area contributed by atoms with Crippen LogP contribution in [0.15, 0.2) is 48.7 Å². The molecule has 3 aromatic rings. The quantitative estimate of drug-likeness (QED) is 0.768. The van der Waals surface area contributed by atoms with E-state index in [1.165, 1.54) is 0 Å². The molecule has 3 rings (SSSR count). The number of rotatable bonds is 4. The van der Waals surface area contributed by atoms with E-state index in [-0.39, 0.29) is 0 Å². The molecule has 0 aliphatic heterocycles. The predicted octanol–water partition coefficient (Wildman–Crippen LogP) is 1.24. The summed E-state index contributed by atoms with van der Waals surface area (Å²) >= 11 is 0. The van der Waals surface area contributed by atoms with E-state index < -0.39 is 0 Å². The van der Waals surface area contributed by atoms with Crippen molar-refractivity contribution in [2.45, 2.75) is 13.1 Å². The zero-order valence-electron chi connectivity index (χ0n) is 10.8. The molecule has 0 saturated carbocycles. The molecule has 0 bridgehead atoms. The Hall–Kier alpha value is -2.60. The van der Waals surface area contributed by atoms with Crippen molar-refractivity contribution >= 4 is 0 Å². The molecule has 0 radical (unpaired) electrons. The zero-order chi connectivity index (χ0) is 13.8. The summed E-state index contributed by atoms with van der Waals surface area (Å²) in [5.74, 6) is 0.661. The van der Waals surface area contributed by atoms with Crippen molar-refractivity contribution in [1.82, 2.24) is 25.2 Å². The Morgan fingerprint density at radius 3 is 2.50 bits per heavy atom. The molecule has 2 aromatic heterocycles. The highest BCUT2D eigenvalue weighted by Gasteiger charge is 2.09. The van der Waals surface area contributed by atoms with Gasteiger partial charge in [-0.2, -0.15) is 0 Å². The van der Waals surface area contributed by atoms with E-state index in [2.05, 4.69) is 20.5 Å². The van der Waals surface area contributed by atoms with Crippen LogP contribution in [0.5, 0.6) is 0 Å². The SMILES string of the molecule is NCc1ccc(Cn2nnnc2-c2ccccn2)cc1. The van der Waals surface area contributed by atoms with Gasteiger partial charge in [-0.3, -0.25) is 4.98 Å². The van der Waals surface area contributed by atoms with E-state index in [1.807, 2.05) is 42.5 Å². The van der Waals surface area contributed by atoms with E-state index in [4.69, 9.17) is 5.73 Å². The minimum Gasteiger partial charge on any atom is -0.326 e. The van der Waals surface area contributed by atoms with Gasteiger partial charge in [-0.15, -0.1) is 5.10 Å². The molecule has 2 N–H and O–H groups in total. The van der Waals surface area contributed by atoms with Crippen LogP contribution >= 0.6 is 0 Å². The van der Waals surface area contributed by atoms with Gasteiger partial charge in [-0.25, -0.2) is 4.68 Å². The lowest BCUT2D eigenvalue weighted by atomic mass is 10.1. The molecule has 6 heteroatoms. The molecule has 0 unspecified atom stereocenters. The van der Waals surface area contributed by atoms with E-state index in [0.717, 1.165) is 16.8 Å². The highest BCUT2D eigenvalue weighted by Crippen LogP contribution is 2.13. The fourth-order valence-corrected chi connectivity index (χ4v) is 1.94. The molecule has 100 valence electrons. The number of nitrogens with two attached hydrogens (primary N) is 1. The van der Waals surface area contributed by atoms with Gasteiger partial charge in [0.05, 0.1) is 6.54 Å². The Balaban J connectivity index is 1.86. The summed E-state index contributed by atoms with van der Waals surface area (Å²) in [5, 5.41) is 11.8. The zero-order valence-corrected chi connectivity index (χ0v) is 10.8. The average molecular weight is 266 g/mol. The third-order valence-electron chi connectivity index (χ3n) is 3.02. The Labute approximate surface area is 116 Å². The number of hydrogen-bond acceptors (Lipinski definition) is 5. The third-order valence-corrected chi connectivity index (χ3v) is 3.02. The molecular weight excluding hydrogens is 252 g/mol. The highest BCUT2D eigenvalue weighted by atomic mass is 15.5. The fourth-order valence-electron chi connectivity index (χ4n) is 1.94. The Morgan fingerprint density at radius 1 is 1.00 bits per heavy atom. The van der Waals surface area contributed by atoms with Crippen LogP contribution in [0.4, 0.5) is 0 Å². The maximum absolute atomic E-state index is 5.59. The van der Waals surface area contributed by atoms with Crippen LogP contribution in [0.3, 0.4) is 0 Å². The van der Waals surface area contributed by atoms with Crippen molar-refractivity contribution in [3.8, 4) is 11.5 Å². The van der Waals surface area contributed by atoms with Gasteiger partial charge in [0.25, 0.3) is 0 Å². The summed E-state index contributed by atoms with van der Waals surface area (Å²) < 4.78 is 1.74. The van der Waals surface area contributed by atoms with Crippen molar-refractivity contribution in [2.24, 2.45) is 5.73 Å². The predicted molar refractivity (Wildman–Crippen MR) is 74.5 cm³/mol. The van der Waals surface area contributed by atoms with Crippen LogP contribution in [0.1, 0.15) is 11.1 Å². The second kappa shape index (κ2) is 5.58. The largest absolute Gasteiger partial charge is 0.326 e. The van der Waals surface area contributed by atoms with Gasteiger partial charge in [0.1, 0.15) is 5.69 Å². The topological polar surface area (TPSA) is 82.5 Å². The molecule has 0 fully saturated rings. The summed E-state index contributed by atoms with van der Waals surface area (Å²) in [7, 11) is 0. The van der Waals surface area contributed by atoms with E-state index in [1.54, 1.807) is 10.9 Å². The van der Waals surface area contributed by atoms with E-state index in [0.29, 0.717) is 18.9 Å². The van der Waals surface area contributed by atoms with Gasteiger partial charge in [-0.1, -0.05) is 30.3 Å². The molecule has 0 atom stereocenters. The van der Waals surface area contributed by atoms with Gasteiger partial charge >= 0.3 is 0 Å². The Morgan fingerprint density at radius 2 is 1.80 bits per heavy atom. The molecule has 20 heavy (non-hydrogen) atoms. The number of pyridine rings is 1. The van der Waals surface area contributed by atoms with Crippen LogP contribution in [0, 0.1) is 0 Å². The number of hydrogen-bond donors (Lipinski definition) is 1. The molecule has 0 spiro atoms. The lowest BCUT2D eigenvalue weighted by molar-refractivity contribution is 0.652. The molecule has 0 amide bonds. The van der Waals surface area contributed by atoms with Crippen LogP contribution in [0.2, 0.25) is 0 Å². The molecule has 0 aliphatic rings. The fraction of sp³-hybridized carbons (Fsp3) is 0.143. The average Bonchev–Trinajstić information content (AvgIpc) is 2.97. The van der Waals surface area contributed by atoms with Gasteiger partial charge in [-0.05, 0) is 33.7 Å². The normalized spacial score (nSPS) is 10.7. The first kappa shape index (κ1) is 12.4. The van der Waals surface area contributed by atoms with Crippen LogP contribution in [-0.2, 0) is 13.1 Å². The molecule has 2 heterocycles. The van der Waals surface area contributed by atoms with Crippen molar-refractivity contribution in [1.29, 1.82) is 0 Å². The van der Waals surface area contributed by atoms with Gasteiger partial charge in [0.2, 0.25) is 5.82 Å². The molecular formula is C14H14N6. The number of aromatic nitrogens is 5. The Bertz CT molecular complexity index is 674. The van der Waals surface area contributed by atoms with Crippen LogP contribution in [-0.4, -0.2) is 25.2 Å². The molecule has 0 aliphatic carbocycles. The molecule has 6 nitrogen and oxygen atoms in total. The summed E-state index contributed by atoms with van der Waals surface area (Å²) in [6.45, 7) is 1.15. The first-order valence-corrected chi connectivity index (χ1v) is 6.32. The summed E-state index contributed by atoms with van der Waals surface area (Å²) in [5.41, 5.74) is 8.57. The monoisotopic (exact) mass is 266 g/mol. The second-order valence-electron chi connectivity index (χ2n) is 4.40. The van der Waals surface area contributed by atoms with E-state index >= 15 is 0 Å². The number of tetrazole rings is 1. The molecule has 1 aromatic carbocycles. The maximum atomic E-state index is 5.59. The minimum atomic E-state index is 0.546. The first-order chi connectivity index (χ1) is 9.86. The van der Waals surface area contributed by atoms with Crippen molar-refractivity contribution in [2.75, 3.05) is 0 Å². The maximum Gasteiger partial charge on any atom is 0.200 e. The van der Waals surface area contributed by atoms with Gasteiger partial charge in [0, 0.05) is 12.7 Å². The minimum absolute atomic E-state index is 0.546. The standard InChI is InChI=1S/C14H14N6/c15-9-11-4-6-12(7-5-11)10-20-14(17-18-19-20)13-3-1-2-8-16-13/h1-8H,9-10,15H2. The summed E-state index contributed by atoms with van der Waals surface area (Å²) in [6.07, 6.45) is 1.73. The smallest absolute Gasteiger partial charge is 0.200 e. The summed E-state index contributed by atoms with van der Waals surface area (Å²) in [6, 6.07) is 13.8. The third kappa shape index (κ3) is 2.55. The molecule has 0 saturated heterocycles. The van der Waals surface area contributed by atoms with Crippen LogP contribution in [0.25, 0.3) is 11.5 Å². The highest BCUT2D eigenvalue weighted by molar-refractivity contribution is 5.47. The summed E-state index contributed by atoms with van der Waals surface area (Å²) in [4.78, 5) is 4.27. The van der Waals surface area contributed by atoms with E-state index in [9.17, 15) is 0 Å². The van der Waals surface area contributed by atoms with Crippen molar-refractivity contribution in [3.05, 3.63) is 59.8 Å². The van der Waals surface area contributed by atoms with Crippen LogP contribution < -0.4 is 5.73 Å². The second-order valence-corrected chi connectivity index (χ2v) is 4.40. The Kier molecular flexibility index (Phi) is 3.47. The van der Waals surface area contributed by atoms with Crippen molar-refractivity contribution in [3.63, 3.8) is 0 Å². The lowest BCUT2D eigenvalue weighted by Crippen LogP contribution is -2.05.